The molecule has 0 fully saturated rings. The van der Waals surface area contributed by atoms with Crippen LogP contribution in [0.1, 0.15) is 22.7 Å². The molecule has 2 atom stereocenters. The first-order valence-electron chi connectivity index (χ1n) is 6.59. The smallest absolute Gasteiger partial charge is 0.142 e. The Kier molecular flexibility index (Phi) is 3.65. The molecule has 1 N–H and O–H groups in total. The molecule has 0 aliphatic carbocycles. The van der Waals surface area contributed by atoms with Gasteiger partial charge in [-0.05, 0) is 23.6 Å². The number of hydrogen-bond donors (Lipinski definition) is 1. The van der Waals surface area contributed by atoms with Gasteiger partial charge in [-0.3, -0.25) is 10.1 Å². The molecule has 0 saturated heterocycles. The third kappa shape index (κ3) is 2.51. The summed E-state index contributed by atoms with van der Waals surface area (Å²) in [5.74, 6) is 0. The predicted molar refractivity (Wildman–Crippen MR) is 76.1 cm³/mol. The predicted octanol–water partition coefficient (Wildman–Crippen LogP) is 1.84. The number of benzene rings is 1. The Labute approximate surface area is 117 Å². The lowest BCUT2D eigenvalue weighted by molar-refractivity contribution is -0.104. The van der Waals surface area contributed by atoms with Crippen LogP contribution < -0.4 is 5.32 Å². The van der Waals surface area contributed by atoms with Gasteiger partial charge in [0.05, 0.1) is 6.04 Å². The van der Waals surface area contributed by atoms with Gasteiger partial charge in [-0.1, -0.05) is 30.3 Å². The lowest BCUT2D eigenvalue weighted by Gasteiger charge is -2.31. The first-order valence-corrected chi connectivity index (χ1v) is 6.59. The van der Waals surface area contributed by atoms with Crippen molar-refractivity contribution in [3.8, 4) is 0 Å². The fourth-order valence-electron chi connectivity index (χ4n) is 2.64. The molecule has 0 spiro atoms. The van der Waals surface area contributed by atoms with Gasteiger partial charge in [-0.15, -0.1) is 0 Å². The van der Waals surface area contributed by atoms with Gasteiger partial charge >= 0.3 is 0 Å². The van der Waals surface area contributed by atoms with Crippen LogP contribution in [-0.4, -0.2) is 22.3 Å². The Bertz CT molecular complexity index is 625. The highest BCUT2D eigenvalue weighted by molar-refractivity contribution is 5.64. The molecule has 100 valence electrons. The van der Waals surface area contributed by atoms with E-state index in [1.165, 1.54) is 17.5 Å². The summed E-state index contributed by atoms with van der Waals surface area (Å²) in [5, 5.41) is 3.54. The normalized spacial score (nSPS) is 21.6. The Morgan fingerprint density at radius 2 is 2.00 bits per heavy atom. The fraction of sp³-hybridized carbons (Fsp3) is 0.188. The van der Waals surface area contributed by atoms with Crippen molar-refractivity contribution in [3.05, 3.63) is 71.8 Å². The van der Waals surface area contributed by atoms with Gasteiger partial charge in [0.1, 0.15) is 12.6 Å². The largest absolute Gasteiger partial charge is 0.299 e. The monoisotopic (exact) mass is 265 g/mol. The summed E-state index contributed by atoms with van der Waals surface area (Å²) < 4.78 is 0. The molecule has 1 aliphatic rings. The fourth-order valence-corrected chi connectivity index (χ4v) is 2.64. The second-order valence-electron chi connectivity index (χ2n) is 4.80. The van der Waals surface area contributed by atoms with Crippen LogP contribution in [0.3, 0.4) is 0 Å². The lowest BCUT2D eigenvalue weighted by atomic mass is 9.87. The number of allylic oxidation sites excluding steroid dienone is 1. The maximum atomic E-state index is 10.5. The number of carbonyl (C=O) groups excluding carboxylic acids is 1. The van der Waals surface area contributed by atoms with Crippen molar-refractivity contribution < 1.29 is 4.79 Å². The standard InChI is InChI=1S/C16H15N3O/c20-7-3-5-14-8-12-4-1-2-6-15(12)16(19-14)13-9-17-11-18-10-13/h1-7,9-11,14,16,19H,8H2. The van der Waals surface area contributed by atoms with E-state index < -0.39 is 0 Å². The van der Waals surface area contributed by atoms with Crippen molar-refractivity contribution in [2.75, 3.05) is 0 Å². The van der Waals surface area contributed by atoms with E-state index in [0.717, 1.165) is 18.3 Å². The van der Waals surface area contributed by atoms with Crippen LogP contribution in [0.5, 0.6) is 0 Å². The zero-order chi connectivity index (χ0) is 13.8. The Hall–Kier alpha value is -2.33. The maximum Gasteiger partial charge on any atom is 0.142 e. The van der Waals surface area contributed by atoms with E-state index in [0.29, 0.717) is 0 Å². The Balaban J connectivity index is 1.99. The summed E-state index contributed by atoms with van der Waals surface area (Å²) >= 11 is 0. The van der Waals surface area contributed by atoms with Gasteiger partial charge in [0, 0.05) is 24.0 Å². The number of nitrogens with zero attached hydrogens (tertiary/aromatic N) is 2. The number of rotatable bonds is 3. The summed E-state index contributed by atoms with van der Waals surface area (Å²) in [6, 6.07) is 8.54. The van der Waals surface area contributed by atoms with Crippen molar-refractivity contribution >= 4 is 6.29 Å². The molecule has 4 heteroatoms. The molecule has 20 heavy (non-hydrogen) atoms. The molecule has 1 aliphatic heterocycles. The summed E-state index contributed by atoms with van der Waals surface area (Å²) in [6.45, 7) is 0. The van der Waals surface area contributed by atoms with Crippen LogP contribution >= 0.6 is 0 Å². The number of nitrogens with one attached hydrogen (secondary N) is 1. The van der Waals surface area contributed by atoms with Gasteiger partial charge < -0.3 is 0 Å². The third-order valence-corrected chi connectivity index (χ3v) is 3.52. The summed E-state index contributed by atoms with van der Waals surface area (Å²) in [5.41, 5.74) is 3.57. The molecule has 0 amide bonds. The van der Waals surface area contributed by atoms with Crippen molar-refractivity contribution in [2.45, 2.75) is 18.5 Å². The van der Waals surface area contributed by atoms with E-state index in [1.54, 1.807) is 6.08 Å². The Morgan fingerprint density at radius 1 is 1.20 bits per heavy atom. The van der Waals surface area contributed by atoms with E-state index in [1.807, 2.05) is 30.6 Å². The first kappa shape index (κ1) is 12.7. The van der Waals surface area contributed by atoms with Gasteiger partial charge in [0.25, 0.3) is 0 Å². The second kappa shape index (κ2) is 5.75. The topological polar surface area (TPSA) is 54.9 Å². The van der Waals surface area contributed by atoms with Gasteiger partial charge in [-0.2, -0.15) is 0 Å². The van der Waals surface area contributed by atoms with Gasteiger partial charge in [0.2, 0.25) is 0 Å². The van der Waals surface area contributed by atoms with E-state index >= 15 is 0 Å². The highest BCUT2D eigenvalue weighted by Gasteiger charge is 2.25. The summed E-state index contributed by atoms with van der Waals surface area (Å²) in [7, 11) is 0. The maximum absolute atomic E-state index is 10.5. The van der Waals surface area contributed by atoms with Crippen LogP contribution in [0.25, 0.3) is 0 Å². The van der Waals surface area contributed by atoms with Crippen LogP contribution in [0, 0.1) is 0 Å². The number of hydrogen-bond acceptors (Lipinski definition) is 4. The number of fused-ring (bicyclic) bond motifs is 1. The molecule has 4 nitrogen and oxygen atoms in total. The molecular formula is C16H15N3O. The molecule has 0 saturated carbocycles. The van der Waals surface area contributed by atoms with Crippen LogP contribution in [0.4, 0.5) is 0 Å². The quantitative estimate of drug-likeness (QED) is 0.679. The zero-order valence-electron chi connectivity index (χ0n) is 10.9. The van der Waals surface area contributed by atoms with E-state index in [2.05, 4.69) is 27.4 Å². The van der Waals surface area contributed by atoms with Crippen molar-refractivity contribution in [1.29, 1.82) is 0 Å². The van der Waals surface area contributed by atoms with Crippen molar-refractivity contribution in [2.24, 2.45) is 0 Å². The van der Waals surface area contributed by atoms with Crippen molar-refractivity contribution in [3.63, 3.8) is 0 Å². The first-order chi connectivity index (χ1) is 9.88. The number of aldehydes is 1. The van der Waals surface area contributed by atoms with Gasteiger partial charge in [-0.25, -0.2) is 9.97 Å². The van der Waals surface area contributed by atoms with Crippen LogP contribution in [-0.2, 0) is 11.2 Å². The highest BCUT2D eigenvalue weighted by atomic mass is 16.1. The third-order valence-electron chi connectivity index (χ3n) is 3.52. The lowest BCUT2D eigenvalue weighted by Crippen LogP contribution is -2.38. The zero-order valence-corrected chi connectivity index (χ0v) is 10.9. The number of carbonyl (C=O) groups is 1. The van der Waals surface area contributed by atoms with Crippen LogP contribution in [0.15, 0.2) is 55.1 Å². The molecule has 3 rings (SSSR count). The minimum atomic E-state index is 0.0578. The average molecular weight is 265 g/mol. The van der Waals surface area contributed by atoms with E-state index in [-0.39, 0.29) is 12.1 Å². The highest BCUT2D eigenvalue weighted by Crippen LogP contribution is 2.30. The molecule has 0 bridgehead atoms. The minimum Gasteiger partial charge on any atom is -0.299 e. The van der Waals surface area contributed by atoms with Gasteiger partial charge in [0.15, 0.2) is 0 Å². The van der Waals surface area contributed by atoms with E-state index in [4.69, 9.17) is 0 Å². The number of aromatic nitrogens is 2. The molecule has 2 heterocycles. The second-order valence-corrected chi connectivity index (χ2v) is 4.80. The molecule has 0 radical (unpaired) electrons. The minimum absolute atomic E-state index is 0.0578. The molecule has 1 aromatic heterocycles. The SMILES string of the molecule is O=CC=CC1Cc2ccccc2C(c2cncnc2)N1. The Morgan fingerprint density at radius 3 is 2.80 bits per heavy atom. The molecule has 2 unspecified atom stereocenters. The molecule has 2 aromatic rings. The molecule has 1 aromatic carbocycles. The molecular weight excluding hydrogens is 250 g/mol. The summed E-state index contributed by atoms with van der Waals surface area (Å²) in [4.78, 5) is 18.7. The summed E-state index contributed by atoms with van der Waals surface area (Å²) in [6.07, 6.45) is 10.3. The van der Waals surface area contributed by atoms with Crippen molar-refractivity contribution in [1.82, 2.24) is 15.3 Å². The van der Waals surface area contributed by atoms with E-state index in [9.17, 15) is 4.79 Å². The van der Waals surface area contributed by atoms with Crippen LogP contribution in [0.2, 0.25) is 0 Å². The average Bonchev–Trinajstić information content (AvgIpc) is 2.53.